The molecule has 2 aromatic carbocycles. The van der Waals surface area contributed by atoms with Crippen molar-refractivity contribution < 1.29 is 22.9 Å². The Kier molecular flexibility index (Phi) is 9.70. The first kappa shape index (κ1) is 29.3. The molecule has 2 aromatic rings. The molecule has 0 fully saturated rings. The number of hydrogen-bond donors (Lipinski definition) is 1. The zero-order valence-corrected chi connectivity index (χ0v) is 22.8. The molecule has 196 valence electrons. The molecule has 10 nitrogen and oxygen atoms in total. The van der Waals surface area contributed by atoms with Gasteiger partial charge in [0.15, 0.2) is 0 Å². The standard InChI is InChI=1S/C23H28Cl2N4O6S/c1-14(2)26-23(31)16(4)27(12-18-19(24)7-6-8-20(18)25)22(30)13-28(36(5,34)35)21-11-17(29(32)33)10-9-15(21)3/h6-11,14,16H,12-13H2,1-5H3,(H,26,31)/t16-/m0/s1. The van der Waals surface area contributed by atoms with Crippen molar-refractivity contribution >= 4 is 56.4 Å². The Hall–Kier alpha value is -2.89. The minimum atomic E-state index is -4.06. The van der Waals surface area contributed by atoms with E-state index in [1.165, 1.54) is 24.0 Å². The van der Waals surface area contributed by atoms with Crippen LogP contribution in [0.1, 0.15) is 31.9 Å². The number of nitrogens with zero attached hydrogens (tertiary/aromatic N) is 3. The summed E-state index contributed by atoms with van der Waals surface area (Å²) in [6.45, 7) is 5.72. The van der Waals surface area contributed by atoms with Crippen LogP contribution in [0.5, 0.6) is 0 Å². The van der Waals surface area contributed by atoms with Crippen LogP contribution in [0.25, 0.3) is 0 Å². The Morgan fingerprint density at radius 3 is 2.19 bits per heavy atom. The molecule has 0 aliphatic heterocycles. The lowest BCUT2D eigenvalue weighted by Gasteiger charge is -2.32. The Bertz CT molecular complexity index is 1250. The van der Waals surface area contributed by atoms with Crippen molar-refractivity contribution in [3.8, 4) is 0 Å². The number of benzene rings is 2. The van der Waals surface area contributed by atoms with E-state index in [2.05, 4.69) is 5.32 Å². The van der Waals surface area contributed by atoms with Gasteiger partial charge < -0.3 is 10.2 Å². The Morgan fingerprint density at radius 2 is 1.69 bits per heavy atom. The first-order valence-electron chi connectivity index (χ1n) is 10.9. The molecule has 0 heterocycles. The maximum atomic E-state index is 13.6. The summed E-state index contributed by atoms with van der Waals surface area (Å²) in [5.41, 5.74) is 0.442. The summed E-state index contributed by atoms with van der Waals surface area (Å²) in [5, 5.41) is 14.6. The molecule has 36 heavy (non-hydrogen) atoms. The van der Waals surface area contributed by atoms with E-state index in [9.17, 15) is 28.1 Å². The van der Waals surface area contributed by atoms with Gasteiger partial charge in [-0.2, -0.15) is 0 Å². The van der Waals surface area contributed by atoms with Gasteiger partial charge in [-0.05, 0) is 45.4 Å². The van der Waals surface area contributed by atoms with Gasteiger partial charge in [0.05, 0.1) is 16.9 Å². The van der Waals surface area contributed by atoms with E-state index in [-0.39, 0.29) is 34.0 Å². The lowest BCUT2D eigenvalue weighted by atomic mass is 10.1. The Morgan fingerprint density at radius 1 is 1.11 bits per heavy atom. The third kappa shape index (κ3) is 7.31. The highest BCUT2D eigenvalue weighted by Crippen LogP contribution is 2.29. The van der Waals surface area contributed by atoms with Gasteiger partial charge in [0.25, 0.3) is 5.69 Å². The van der Waals surface area contributed by atoms with Gasteiger partial charge in [-0.3, -0.25) is 24.0 Å². The van der Waals surface area contributed by atoms with E-state index in [1.54, 1.807) is 39.0 Å². The number of nitro groups is 1. The van der Waals surface area contributed by atoms with Crippen molar-refractivity contribution in [2.75, 3.05) is 17.1 Å². The molecule has 0 bridgehead atoms. The normalized spacial score (nSPS) is 12.2. The highest BCUT2D eigenvalue weighted by molar-refractivity contribution is 7.92. The van der Waals surface area contributed by atoms with Crippen LogP contribution in [-0.2, 0) is 26.2 Å². The lowest BCUT2D eigenvalue weighted by molar-refractivity contribution is -0.384. The Labute approximate surface area is 220 Å². The van der Waals surface area contributed by atoms with Crippen molar-refractivity contribution in [3.63, 3.8) is 0 Å². The number of nitro benzene ring substituents is 1. The van der Waals surface area contributed by atoms with Crippen molar-refractivity contribution in [2.45, 2.75) is 46.3 Å². The van der Waals surface area contributed by atoms with Crippen LogP contribution in [0.15, 0.2) is 36.4 Å². The monoisotopic (exact) mass is 558 g/mol. The minimum Gasteiger partial charge on any atom is -0.352 e. The number of rotatable bonds is 10. The molecule has 0 spiro atoms. The minimum absolute atomic E-state index is 0.0185. The van der Waals surface area contributed by atoms with Gasteiger partial charge in [0.1, 0.15) is 12.6 Å². The predicted octanol–water partition coefficient (Wildman–Crippen LogP) is 3.92. The predicted molar refractivity (Wildman–Crippen MR) is 140 cm³/mol. The number of halogens is 2. The van der Waals surface area contributed by atoms with E-state index >= 15 is 0 Å². The second-order valence-electron chi connectivity index (χ2n) is 8.56. The van der Waals surface area contributed by atoms with Crippen LogP contribution in [0, 0.1) is 17.0 Å². The summed E-state index contributed by atoms with van der Waals surface area (Å²) in [6.07, 6.45) is 0.892. The van der Waals surface area contributed by atoms with Crippen LogP contribution >= 0.6 is 23.2 Å². The van der Waals surface area contributed by atoms with Crippen molar-refractivity contribution in [2.24, 2.45) is 0 Å². The third-order valence-electron chi connectivity index (χ3n) is 5.34. The molecule has 13 heteroatoms. The van der Waals surface area contributed by atoms with Gasteiger partial charge in [-0.15, -0.1) is 0 Å². The number of carbonyl (C=O) groups is 2. The number of aryl methyl sites for hydroxylation is 1. The molecule has 0 saturated carbocycles. The summed E-state index contributed by atoms with van der Waals surface area (Å²) >= 11 is 12.6. The SMILES string of the molecule is Cc1ccc([N+](=O)[O-])cc1N(CC(=O)N(Cc1c(Cl)cccc1Cl)[C@@H](C)C(=O)NC(C)C)S(C)(=O)=O. The number of hydrogen-bond acceptors (Lipinski definition) is 6. The zero-order chi connectivity index (χ0) is 27.4. The second-order valence-corrected chi connectivity index (χ2v) is 11.3. The maximum Gasteiger partial charge on any atom is 0.271 e. The molecule has 1 N–H and O–H groups in total. The molecule has 2 rings (SSSR count). The quantitative estimate of drug-likeness (QED) is 0.347. The molecule has 0 saturated heterocycles. The summed E-state index contributed by atoms with van der Waals surface area (Å²) in [5.74, 6) is -1.19. The first-order chi connectivity index (χ1) is 16.6. The van der Waals surface area contributed by atoms with Gasteiger partial charge in [-0.25, -0.2) is 8.42 Å². The largest absolute Gasteiger partial charge is 0.352 e. The topological polar surface area (TPSA) is 130 Å². The fraction of sp³-hybridized carbons (Fsp3) is 0.391. The van der Waals surface area contributed by atoms with Gasteiger partial charge in [0, 0.05) is 40.3 Å². The van der Waals surface area contributed by atoms with Crippen LogP contribution in [-0.4, -0.2) is 54.9 Å². The molecule has 0 aromatic heterocycles. The molecule has 0 unspecified atom stereocenters. The number of carbonyl (C=O) groups excluding carboxylic acids is 2. The average molecular weight is 559 g/mol. The Balaban J connectivity index is 2.54. The first-order valence-corrected chi connectivity index (χ1v) is 13.5. The van der Waals surface area contributed by atoms with Gasteiger partial charge in [0.2, 0.25) is 21.8 Å². The van der Waals surface area contributed by atoms with Crippen molar-refractivity contribution in [3.05, 3.63) is 67.7 Å². The van der Waals surface area contributed by atoms with Gasteiger partial charge in [-0.1, -0.05) is 35.3 Å². The maximum absolute atomic E-state index is 13.6. The highest BCUT2D eigenvalue weighted by atomic mass is 35.5. The van der Waals surface area contributed by atoms with E-state index in [4.69, 9.17) is 23.2 Å². The second kappa shape index (κ2) is 11.9. The number of nitrogens with one attached hydrogen (secondary N) is 1. The summed E-state index contributed by atoms with van der Waals surface area (Å²) in [7, 11) is -4.06. The fourth-order valence-electron chi connectivity index (χ4n) is 3.42. The molecular weight excluding hydrogens is 531 g/mol. The molecule has 0 radical (unpaired) electrons. The summed E-state index contributed by atoms with van der Waals surface area (Å²) in [6, 6.07) is 7.31. The van der Waals surface area contributed by atoms with E-state index in [1.807, 2.05) is 0 Å². The van der Waals surface area contributed by atoms with Crippen LogP contribution in [0.3, 0.4) is 0 Å². The van der Waals surface area contributed by atoms with E-state index in [0.717, 1.165) is 16.6 Å². The lowest BCUT2D eigenvalue weighted by Crippen LogP contribution is -2.52. The zero-order valence-electron chi connectivity index (χ0n) is 20.5. The summed E-state index contributed by atoms with van der Waals surface area (Å²) in [4.78, 5) is 38.2. The third-order valence-corrected chi connectivity index (χ3v) is 7.17. The number of anilines is 1. The summed E-state index contributed by atoms with van der Waals surface area (Å²) < 4.78 is 26.2. The van der Waals surface area contributed by atoms with Crippen molar-refractivity contribution in [1.82, 2.24) is 10.2 Å². The number of non-ortho nitro benzene ring substituents is 1. The highest BCUT2D eigenvalue weighted by Gasteiger charge is 2.32. The van der Waals surface area contributed by atoms with Crippen LogP contribution in [0.2, 0.25) is 10.0 Å². The fourth-order valence-corrected chi connectivity index (χ4v) is 4.83. The molecule has 2 amide bonds. The average Bonchev–Trinajstić information content (AvgIpc) is 2.76. The number of amides is 2. The number of sulfonamides is 1. The van der Waals surface area contributed by atoms with E-state index in [0.29, 0.717) is 11.1 Å². The van der Waals surface area contributed by atoms with E-state index < -0.39 is 39.3 Å². The molecular formula is C23H28Cl2N4O6S. The molecule has 0 aliphatic carbocycles. The van der Waals surface area contributed by atoms with Crippen molar-refractivity contribution in [1.29, 1.82) is 0 Å². The smallest absolute Gasteiger partial charge is 0.271 e. The molecule has 1 atom stereocenters. The molecule has 0 aliphatic rings. The van der Waals surface area contributed by atoms with Crippen LogP contribution in [0.4, 0.5) is 11.4 Å². The van der Waals surface area contributed by atoms with Gasteiger partial charge >= 0.3 is 0 Å². The van der Waals surface area contributed by atoms with Crippen LogP contribution < -0.4 is 9.62 Å².